The molecule has 1 nitrogen and oxygen atoms in total. The molecule has 3 heteroatoms. The van der Waals surface area contributed by atoms with Crippen molar-refractivity contribution in [3.05, 3.63) is 53.6 Å². The zero-order chi connectivity index (χ0) is 11.4. The van der Waals surface area contributed by atoms with Crippen LogP contribution in [-0.2, 0) is 0 Å². The van der Waals surface area contributed by atoms with Crippen molar-refractivity contribution in [2.75, 3.05) is 12.4 Å². The summed E-state index contributed by atoms with van der Waals surface area (Å²) in [6.45, 7) is 0. The SMILES string of the molecule is CNc1cccc(Sc2ccc(Cl)cc2)c1. The topological polar surface area (TPSA) is 12.0 Å². The Morgan fingerprint density at radius 3 is 2.44 bits per heavy atom. The fourth-order valence-electron chi connectivity index (χ4n) is 1.35. The monoisotopic (exact) mass is 249 g/mol. The van der Waals surface area contributed by atoms with Gasteiger partial charge in [-0.2, -0.15) is 0 Å². The largest absolute Gasteiger partial charge is 0.388 e. The summed E-state index contributed by atoms with van der Waals surface area (Å²) in [5, 5.41) is 3.90. The molecule has 2 aromatic carbocycles. The molecule has 0 aromatic heterocycles. The summed E-state index contributed by atoms with van der Waals surface area (Å²) < 4.78 is 0. The molecule has 0 radical (unpaired) electrons. The smallest absolute Gasteiger partial charge is 0.0406 e. The fourth-order valence-corrected chi connectivity index (χ4v) is 2.36. The van der Waals surface area contributed by atoms with Gasteiger partial charge in [0.25, 0.3) is 0 Å². The van der Waals surface area contributed by atoms with Crippen molar-refractivity contribution in [2.24, 2.45) is 0 Å². The van der Waals surface area contributed by atoms with E-state index in [9.17, 15) is 0 Å². The molecule has 0 amide bonds. The van der Waals surface area contributed by atoms with Crippen molar-refractivity contribution in [3.63, 3.8) is 0 Å². The van der Waals surface area contributed by atoms with E-state index in [1.807, 2.05) is 43.4 Å². The summed E-state index contributed by atoms with van der Waals surface area (Å²) in [4.78, 5) is 2.41. The molecule has 0 aliphatic carbocycles. The van der Waals surface area contributed by atoms with Gasteiger partial charge in [-0.25, -0.2) is 0 Å². The van der Waals surface area contributed by atoms with Crippen molar-refractivity contribution in [1.29, 1.82) is 0 Å². The van der Waals surface area contributed by atoms with Crippen LogP contribution < -0.4 is 5.32 Å². The van der Waals surface area contributed by atoms with Gasteiger partial charge in [-0.15, -0.1) is 0 Å². The Morgan fingerprint density at radius 2 is 1.75 bits per heavy atom. The molecule has 0 heterocycles. The van der Waals surface area contributed by atoms with Crippen LogP contribution in [0.25, 0.3) is 0 Å². The summed E-state index contributed by atoms with van der Waals surface area (Å²) in [5.41, 5.74) is 1.12. The summed E-state index contributed by atoms with van der Waals surface area (Å²) in [6, 6.07) is 16.2. The normalized spacial score (nSPS) is 10.1. The molecule has 0 saturated carbocycles. The summed E-state index contributed by atoms with van der Waals surface area (Å²) in [5.74, 6) is 0. The summed E-state index contributed by atoms with van der Waals surface area (Å²) in [7, 11) is 1.92. The van der Waals surface area contributed by atoms with Gasteiger partial charge in [-0.1, -0.05) is 29.4 Å². The number of hydrogen-bond acceptors (Lipinski definition) is 2. The van der Waals surface area contributed by atoms with Gasteiger partial charge in [0.05, 0.1) is 0 Å². The second-order valence-electron chi connectivity index (χ2n) is 3.33. The average molecular weight is 250 g/mol. The molecule has 2 aromatic rings. The highest BCUT2D eigenvalue weighted by molar-refractivity contribution is 7.99. The lowest BCUT2D eigenvalue weighted by molar-refractivity contribution is 1.39. The molecule has 16 heavy (non-hydrogen) atoms. The van der Waals surface area contributed by atoms with Gasteiger partial charge in [0, 0.05) is 27.5 Å². The molecule has 1 N–H and O–H groups in total. The van der Waals surface area contributed by atoms with E-state index in [0.29, 0.717) is 0 Å². The first-order valence-corrected chi connectivity index (χ1v) is 6.18. The maximum atomic E-state index is 5.84. The van der Waals surface area contributed by atoms with Gasteiger partial charge < -0.3 is 5.32 Å². The van der Waals surface area contributed by atoms with Crippen LogP contribution in [-0.4, -0.2) is 7.05 Å². The van der Waals surface area contributed by atoms with E-state index in [1.54, 1.807) is 11.8 Å². The maximum absolute atomic E-state index is 5.84. The van der Waals surface area contributed by atoms with Gasteiger partial charge in [0.1, 0.15) is 0 Å². The van der Waals surface area contributed by atoms with E-state index >= 15 is 0 Å². The molecule has 0 fully saturated rings. The number of anilines is 1. The van der Waals surface area contributed by atoms with Crippen molar-refractivity contribution < 1.29 is 0 Å². The van der Waals surface area contributed by atoms with Crippen LogP contribution >= 0.6 is 23.4 Å². The molecule has 0 atom stereocenters. The number of nitrogens with one attached hydrogen (secondary N) is 1. The number of rotatable bonds is 3. The van der Waals surface area contributed by atoms with Crippen LogP contribution in [0.5, 0.6) is 0 Å². The molecule has 0 unspecified atom stereocenters. The number of hydrogen-bond donors (Lipinski definition) is 1. The van der Waals surface area contributed by atoms with E-state index < -0.39 is 0 Å². The fraction of sp³-hybridized carbons (Fsp3) is 0.0769. The van der Waals surface area contributed by atoms with Gasteiger partial charge >= 0.3 is 0 Å². The Bertz CT molecular complexity index is 468. The first-order valence-electron chi connectivity index (χ1n) is 4.99. The Balaban J connectivity index is 2.16. The minimum atomic E-state index is 0.772. The molecule has 82 valence electrons. The molecule has 0 aliphatic heterocycles. The Morgan fingerprint density at radius 1 is 1.00 bits per heavy atom. The van der Waals surface area contributed by atoms with Gasteiger partial charge in [0.2, 0.25) is 0 Å². The molecule has 0 spiro atoms. The third-order valence-electron chi connectivity index (χ3n) is 2.17. The van der Waals surface area contributed by atoms with Gasteiger partial charge in [0.15, 0.2) is 0 Å². The van der Waals surface area contributed by atoms with Crippen LogP contribution in [0.4, 0.5) is 5.69 Å². The lowest BCUT2D eigenvalue weighted by Crippen LogP contribution is -1.86. The van der Waals surface area contributed by atoms with E-state index in [2.05, 4.69) is 17.4 Å². The summed E-state index contributed by atoms with van der Waals surface area (Å²) >= 11 is 7.57. The summed E-state index contributed by atoms with van der Waals surface area (Å²) in [6.07, 6.45) is 0. The van der Waals surface area contributed by atoms with Crippen LogP contribution in [0, 0.1) is 0 Å². The second kappa shape index (κ2) is 5.28. The van der Waals surface area contributed by atoms with Crippen molar-refractivity contribution >= 4 is 29.1 Å². The number of benzene rings is 2. The lowest BCUT2D eigenvalue weighted by atomic mass is 10.3. The predicted molar refractivity (Wildman–Crippen MR) is 71.6 cm³/mol. The minimum Gasteiger partial charge on any atom is -0.388 e. The van der Waals surface area contributed by atoms with Crippen molar-refractivity contribution in [1.82, 2.24) is 0 Å². The highest BCUT2D eigenvalue weighted by Gasteiger charge is 1.98. The predicted octanol–water partition coefficient (Wildman–Crippen LogP) is 4.53. The first kappa shape index (κ1) is 11.4. The van der Waals surface area contributed by atoms with E-state index in [1.165, 1.54) is 9.79 Å². The zero-order valence-electron chi connectivity index (χ0n) is 8.91. The third kappa shape index (κ3) is 2.94. The zero-order valence-corrected chi connectivity index (χ0v) is 10.5. The van der Waals surface area contributed by atoms with Gasteiger partial charge in [-0.3, -0.25) is 0 Å². The maximum Gasteiger partial charge on any atom is 0.0406 e. The lowest BCUT2D eigenvalue weighted by Gasteiger charge is -2.04. The average Bonchev–Trinajstić information content (AvgIpc) is 2.32. The van der Waals surface area contributed by atoms with Gasteiger partial charge in [-0.05, 0) is 42.5 Å². The Labute approximate surface area is 105 Å². The number of halogens is 1. The van der Waals surface area contributed by atoms with Crippen molar-refractivity contribution in [2.45, 2.75) is 9.79 Å². The van der Waals surface area contributed by atoms with Crippen LogP contribution in [0.2, 0.25) is 5.02 Å². The second-order valence-corrected chi connectivity index (χ2v) is 4.92. The minimum absolute atomic E-state index is 0.772. The highest BCUT2D eigenvalue weighted by Crippen LogP contribution is 2.29. The van der Waals surface area contributed by atoms with Crippen molar-refractivity contribution in [3.8, 4) is 0 Å². The molecular weight excluding hydrogens is 238 g/mol. The van der Waals surface area contributed by atoms with E-state index in [-0.39, 0.29) is 0 Å². The first-order chi connectivity index (χ1) is 7.78. The standard InChI is InChI=1S/C13H12ClNS/c1-15-11-3-2-4-13(9-11)16-12-7-5-10(14)6-8-12/h2-9,15H,1H3. The van der Waals surface area contributed by atoms with Crippen LogP contribution in [0.1, 0.15) is 0 Å². The Hall–Kier alpha value is -1.12. The quantitative estimate of drug-likeness (QED) is 0.858. The Kier molecular flexibility index (Phi) is 3.75. The molecular formula is C13H12ClNS. The molecule has 0 bridgehead atoms. The molecule has 2 rings (SSSR count). The molecule has 0 aliphatic rings. The van der Waals surface area contributed by atoms with Crippen LogP contribution in [0.15, 0.2) is 58.3 Å². The van der Waals surface area contributed by atoms with E-state index in [0.717, 1.165) is 10.7 Å². The third-order valence-corrected chi connectivity index (χ3v) is 3.42. The van der Waals surface area contributed by atoms with Crippen LogP contribution in [0.3, 0.4) is 0 Å². The van der Waals surface area contributed by atoms with E-state index in [4.69, 9.17) is 11.6 Å². The highest BCUT2D eigenvalue weighted by atomic mass is 35.5. The molecule has 0 saturated heterocycles.